The fraction of sp³-hybridized carbons (Fsp3) is 0.263. The molecule has 0 aliphatic carbocycles. The van der Waals surface area contributed by atoms with Gasteiger partial charge in [-0.2, -0.15) is 0 Å². The Morgan fingerprint density at radius 3 is 2.54 bits per heavy atom. The minimum absolute atomic E-state index is 0.0678. The molecule has 0 bridgehead atoms. The number of carbonyl (C=O) groups excluding carboxylic acids is 1. The first-order valence-corrected chi connectivity index (χ1v) is 9.48. The van der Waals surface area contributed by atoms with Crippen LogP contribution in [-0.4, -0.2) is 39.1 Å². The Bertz CT molecular complexity index is 862. The van der Waals surface area contributed by atoms with Gasteiger partial charge in [0.1, 0.15) is 11.7 Å². The maximum absolute atomic E-state index is 13.0. The molecule has 7 heteroatoms. The van der Waals surface area contributed by atoms with Crippen molar-refractivity contribution in [3.8, 4) is 10.7 Å². The SMILES string of the molecule is O=C(Nc1nnc(-c2ccccn2)s1)C(c1ccccc1)N1CCCC1. The van der Waals surface area contributed by atoms with Crippen LogP contribution in [0.2, 0.25) is 0 Å². The molecule has 1 N–H and O–H groups in total. The molecule has 1 unspecified atom stereocenters. The lowest BCUT2D eigenvalue weighted by Crippen LogP contribution is -2.35. The van der Waals surface area contributed by atoms with Gasteiger partial charge in [-0.15, -0.1) is 10.2 Å². The number of nitrogens with zero attached hydrogens (tertiary/aromatic N) is 4. The van der Waals surface area contributed by atoms with Crippen LogP contribution in [0.25, 0.3) is 10.7 Å². The number of amides is 1. The van der Waals surface area contributed by atoms with Gasteiger partial charge in [-0.3, -0.25) is 20.0 Å². The van der Waals surface area contributed by atoms with Crippen LogP contribution in [0.5, 0.6) is 0 Å². The van der Waals surface area contributed by atoms with Crippen molar-refractivity contribution in [2.75, 3.05) is 18.4 Å². The summed E-state index contributed by atoms with van der Waals surface area (Å²) in [5.41, 5.74) is 1.76. The van der Waals surface area contributed by atoms with E-state index < -0.39 is 0 Å². The lowest BCUT2D eigenvalue weighted by Gasteiger charge is -2.26. The minimum Gasteiger partial charge on any atom is -0.299 e. The molecule has 1 aliphatic rings. The van der Waals surface area contributed by atoms with Crippen LogP contribution in [0.3, 0.4) is 0 Å². The van der Waals surface area contributed by atoms with Crippen LogP contribution in [0.1, 0.15) is 24.4 Å². The van der Waals surface area contributed by atoms with Gasteiger partial charge in [0.05, 0.1) is 0 Å². The molecular weight excluding hydrogens is 346 g/mol. The van der Waals surface area contributed by atoms with Crippen LogP contribution in [-0.2, 0) is 4.79 Å². The molecule has 4 rings (SSSR count). The summed E-state index contributed by atoms with van der Waals surface area (Å²) in [7, 11) is 0. The summed E-state index contributed by atoms with van der Waals surface area (Å²) in [6.07, 6.45) is 3.96. The molecule has 1 aliphatic heterocycles. The summed E-state index contributed by atoms with van der Waals surface area (Å²) in [6.45, 7) is 1.87. The summed E-state index contributed by atoms with van der Waals surface area (Å²) in [5.74, 6) is -0.0678. The van der Waals surface area contributed by atoms with Gasteiger partial charge in [-0.25, -0.2) is 0 Å². The Labute approximate surface area is 155 Å². The molecule has 132 valence electrons. The Morgan fingerprint density at radius 1 is 1.04 bits per heavy atom. The van der Waals surface area contributed by atoms with Gasteiger partial charge < -0.3 is 0 Å². The largest absolute Gasteiger partial charge is 0.299 e. The summed E-state index contributed by atoms with van der Waals surface area (Å²) < 4.78 is 0. The van der Waals surface area contributed by atoms with Crippen molar-refractivity contribution in [3.63, 3.8) is 0 Å². The molecule has 1 amide bonds. The predicted octanol–water partition coefficient (Wildman–Crippen LogP) is 3.38. The third-order valence-corrected chi connectivity index (χ3v) is 5.27. The first-order valence-electron chi connectivity index (χ1n) is 8.66. The molecule has 1 saturated heterocycles. The standard InChI is InChI=1S/C19H19N5OS/c25-17(16(24-12-6-7-13-24)14-8-2-1-3-9-14)21-19-23-22-18(26-19)15-10-4-5-11-20-15/h1-5,8-11,16H,6-7,12-13H2,(H,21,23,25). The normalized spacial score (nSPS) is 15.7. The van der Waals surface area contributed by atoms with E-state index in [9.17, 15) is 4.79 Å². The lowest BCUT2D eigenvalue weighted by molar-refractivity contribution is -0.121. The highest BCUT2D eigenvalue weighted by atomic mass is 32.1. The van der Waals surface area contributed by atoms with Crippen LogP contribution >= 0.6 is 11.3 Å². The smallest absolute Gasteiger partial charge is 0.248 e. The third kappa shape index (κ3) is 3.63. The monoisotopic (exact) mass is 365 g/mol. The molecule has 0 radical (unpaired) electrons. The van der Waals surface area contributed by atoms with E-state index in [4.69, 9.17) is 0 Å². The van der Waals surface area contributed by atoms with Crippen LogP contribution in [0.15, 0.2) is 54.7 Å². The number of aromatic nitrogens is 3. The maximum Gasteiger partial charge on any atom is 0.248 e. The van der Waals surface area contributed by atoms with E-state index in [1.807, 2.05) is 48.5 Å². The van der Waals surface area contributed by atoms with Crippen LogP contribution < -0.4 is 5.32 Å². The molecule has 3 aromatic rings. The quantitative estimate of drug-likeness (QED) is 0.750. The van der Waals surface area contributed by atoms with E-state index in [1.54, 1.807) is 6.20 Å². The van der Waals surface area contributed by atoms with Gasteiger partial charge >= 0.3 is 0 Å². The van der Waals surface area contributed by atoms with E-state index in [0.717, 1.165) is 37.2 Å². The Morgan fingerprint density at radius 2 is 1.81 bits per heavy atom. The molecule has 1 fully saturated rings. The molecular formula is C19H19N5OS. The van der Waals surface area contributed by atoms with Crippen molar-refractivity contribution in [1.82, 2.24) is 20.1 Å². The summed E-state index contributed by atoms with van der Waals surface area (Å²) >= 11 is 1.33. The van der Waals surface area contributed by atoms with Crippen molar-refractivity contribution in [2.24, 2.45) is 0 Å². The highest BCUT2D eigenvalue weighted by Crippen LogP contribution is 2.29. The first-order chi connectivity index (χ1) is 12.8. The highest BCUT2D eigenvalue weighted by molar-refractivity contribution is 7.18. The van der Waals surface area contributed by atoms with Crippen molar-refractivity contribution >= 4 is 22.4 Å². The summed E-state index contributed by atoms with van der Waals surface area (Å²) in [4.78, 5) is 19.5. The number of carbonyl (C=O) groups is 1. The van der Waals surface area contributed by atoms with Gasteiger partial charge in [0.2, 0.25) is 11.0 Å². The third-order valence-electron chi connectivity index (χ3n) is 4.41. The van der Waals surface area contributed by atoms with E-state index >= 15 is 0 Å². The molecule has 0 spiro atoms. The van der Waals surface area contributed by atoms with Crippen molar-refractivity contribution in [1.29, 1.82) is 0 Å². The number of hydrogen-bond acceptors (Lipinski definition) is 6. The average molecular weight is 365 g/mol. The second kappa shape index (κ2) is 7.72. The zero-order valence-corrected chi connectivity index (χ0v) is 15.0. The van der Waals surface area contributed by atoms with Gasteiger partial charge in [0.15, 0.2) is 5.01 Å². The maximum atomic E-state index is 13.0. The van der Waals surface area contributed by atoms with Crippen molar-refractivity contribution in [3.05, 3.63) is 60.3 Å². The van der Waals surface area contributed by atoms with Crippen LogP contribution in [0, 0.1) is 0 Å². The number of hydrogen-bond donors (Lipinski definition) is 1. The van der Waals surface area contributed by atoms with Crippen molar-refractivity contribution in [2.45, 2.75) is 18.9 Å². The minimum atomic E-state index is -0.305. The van der Waals surface area contributed by atoms with Gasteiger partial charge in [0, 0.05) is 6.20 Å². The Hall–Kier alpha value is -2.64. The highest BCUT2D eigenvalue weighted by Gasteiger charge is 2.30. The zero-order chi connectivity index (χ0) is 17.8. The molecule has 2 aromatic heterocycles. The molecule has 1 aromatic carbocycles. The number of nitrogens with one attached hydrogen (secondary N) is 1. The zero-order valence-electron chi connectivity index (χ0n) is 14.2. The second-order valence-corrected chi connectivity index (χ2v) is 7.15. The van der Waals surface area contributed by atoms with E-state index in [0.29, 0.717) is 10.1 Å². The topological polar surface area (TPSA) is 71.0 Å². The number of rotatable bonds is 5. The predicted molar refractivity (Wildman–Crippen MR) is 102 cm³/mol. The fourth-order valence-corrected chi connectivity index (χ4v) is 3.93. The second-order valence-electron chi connectivity index (χ2n) is 6.17. The Balaban J connectivity index is 1.54. The van der Waals surface area contributed by atoms with E-state index in [-0.39, 0.29) is 11.9 Å². The van der Waals surface area contributed by atoms with Gasteiger partial charge in [-0.1, -0.05) is 47.7 Å². The molecule has 26 heavy (non-hydrogen) atoms. The molecule has 1 atom stereocenters. The average Bonchev–Trinajstić information content (AvgIpc) is 3.36. The number of pyridine rings is 1. The van der Waals surface area contributed by atoms with E-state index in [2.05, 4.69) is 25.4 Å². The molecule has 0 saturated carbocycles. The molecule has 6 nitrogen and oxygen atoms in total. The van der Waals surface area contributed by atoms with Gasteiger partial charge in [-0.05, 0) is 43.6 Å². The number of benzene rings is 1. The van der Waals surface area contributed by atoms with Gasteiger partial charge in [0.25, 0.3) is 0 Å². The summed E-state index contributed by atoms with van der Waals surface area (Å²) in [6, 6.07) is 15.2. The number of anilines is 1. The Kier molecular flexibility index (Phi) is 4.99. The lowest BCUT2D eigenvalue weighted by atomic mass is 10.1. The van der Waals surface area contributed by atoms with Crippen LogP contribution in [0.4, 0.5) is 5.13 Å². The summed E-state index contributed by atoms with van der Waals surface area (Å²) in [5, 5.41) is 12.4. The van der Waals surface area contributed by atoms with Crippen molar-refractivity contribution < 1.29 is 4.79 Å². The first kappa shape index (κ1) is 16.8. The molecule has 3 heterocycles. The van der Waals surface area contributed by atoms with E-state index in [1.165, 1.54) is 11.3 Å². The fourth-order valence-electron chi connectivity index (χ4n) is 3.20. The number of likely N-dealkylation sites (tertiary alicyclic amines) is 1.